The minimum atomic E-state index is 0.00455. The molecule has 1 atom stereocenters. The SMILES string of the molecule is CCCC(C)(N)CCc1ccccc1. The van der Waals surface area contributed by atoms with Gasteiger partial charge in [-0.1, -0.05) is 43.7 Å². The van der Waals surface area contributed by atoms with Crippen LogP contribution < -0.4 is 5.73 Å². The van der Waals surface area contributed by atoms with Crippen LogP contribution in [0.2, 0.25) is 0 Å². The molecule has 0 fully saturated rings. The van der Waals surface area contributed by atoms with Crippen LogP contribution in [0.3, 0.4) is 0 Å². The molecule has 1 nitrogen and oxygen atoms in total. The standard InChI is InChI=1S/C13H21N/c1-3-10-13(2,14)11-9-12-7-5-4-6-8-12/h4-8H,3,9-11,14H2,1-2H3. The third-order valence-corrected chi connectivity index (χ3v) is 2.65. The number of rotatable bonds is 5. The predicted molar refractivity (Wildman–Crippen MR) is 62.3 cm³/mol. The molecule has 0 spiro atoms. The lowest BCUT2D eigenvalue weighted by atomic mass is 9.90. The van der Waals surface area contributed by atoms with Crippen LogP contribution in [0.5, 0.6) is 0 Å². The van der Waals surface area contributed by atoms with Gasteiger partial charge < -0.3 is 5.73 Å². The van der Waals surface area contributed by atoms with Crippen molar-refractivity contribution in [2.75, 3.05) is 0 Å². The molecule has 0 amide bonds. The van der Waals surface area contributed by atoms with Crippen molar-refractivity contribution in [2.45, 2.75) is 45.1 Å². The Morgan fingerprint density at radius 3 is 2.36 bits per heavy atom. The molecule has 1 rings (SSSR count). The van der Waals surface area contributed by atoms with Gasteiger partial charge in [0, 0.05) is 5.54 Å². The number of nitrogens with two attached hydrogens (primary N) is 1. The van der Waals surface area contributed by atoms with Crippen molar-refractivity contribution >= 4 is 0 Å². The second kappa shape index (κ2) is 5.16. The van der Waals surface area contributed by atoms with Crippen molar-refractivity contribution in [1.82, 2.24) is 0 Å². The molecule has 0 heterocycles. The van der Waals surface area contributed by atoms with Gasteiger partial charge in [-0.15, -0.1) is 0 Å². The molecule has 0 saturated heterocycles. The summed E-state index contributed by atoms with van der Waals surface area (Å²) in [7, 11) is 0. The molecule has 2 N–H and O–H groups in total. The summed E-state index contributed by atoms with van der Waals surface area (Å²) in [6.45, 7) is 4.34. The van der Waals surface area contributed by atoms with E-state index in [1.165, 1.54) is 12.0 Å². The highest BCUT2D eigenvalue weighted by Crippen LogP contribution is 2.16. The van der Waals surface area contributed by atoms with Crippen molar-refractivity contribution in [1.29, 1.82) is 0 Å². The molecule has 1 heteroatoms. The van der Waals surface area contributed by atoms with E-state index in [1.54, 1.807) is 0 Å². The summed E-state index contributed by atoms with van der Waals surface area (Å²) in [5, 5.41) is 0. The lowest BCUT2D eigenvalue weighted by molar-refractivity contribution is 0.397. The maximum absolute atomic E-state index is 6.18. The predicted octanol–water partition coefficient (Wildman–Crippen LogP) is 3.14. The summed E-state index contributed by atoms with van der Waals surface area (Å²) in [4.78, 5) is 0. The molecule has 1 aromatic carbocycles. The first-order chi connectivity index (χ1) is 6.64. The second-order valence-corrected chi connectivity index (χ2v) is 4.39. The third-order valence-electron chi connectivity index (χ3n) is 2.65. The van der Waals surface area contributed by atoms with E-state index in [2.05, 4.69) is 44.2 Å². The molecule has 14 heavy (non-hydrogen) atoms. The average Bonchev–Trinajstić information content (AvgIpc) is 2.17. The Kier molecular flexibility index (Phi) is 4.15. The van der Waals surface area contributed by atoms with Gasteiger partial charge in [-0.05, 0) is 31.7 Å². The van der Waals surface area contributed by atoms with Crippen molar-refractivity contribution in [3.8, 4) is 0 Å². The minimum Gasteiger partial charge on any atom is -0.325 e. The van der Waals surface area contributed by atoms with E-state index in [-0.39, 0.29) is 5.54 Å². The zero-order chi connectivity index (χ0) is 10.4. The molecule has 0 aliphatic rings. The molecule has 0 aromatic heterocycles. The molecule has 78 valence electrons. The summed E-state index contributed by atoms with van der Waals surface area (Å²) in [6.07, 6.45) is 4.44. The van der Waals surface area contributed by atoms with Gasteiger partial charge in [0.1, 0.15) is 0 Å². The van der Waals surface area contributed by atoms with Gasteiger partial charge in [0.2, 0.25) is 0 Å². The quantitative estimate of drug-likeness (QED) is 0.760. The monoisotopic (exact) mass is 191 g/mol. The highest BCUT2D eigenvalue weighted by Gasteiger charge is 2.16. The number of aryl methyl sites for hydroxylation is 1. The molecule has 0 aliphatic carbocycles. The van der Waals surface area contributed by atoms with E-state index in [9.17, 15) is 0 Å². The Hall–Kier alpha value is -0.820. The molecule has 1 unspecified atom stereocenters. The Morgan fingerprint density at radius 1 is 1.14 bits per heavy atom. The van der Waals surface area contributed by atoms with Gasteiger partial charge in [0.25, 0.3) is 0 Å². The van der Waals surface area contributed by atoms with Crippen LogP contribution in [-0.2, 0) is 6.42 Å². The van der Waals surface area contributed by atoms with Crippen LogP contribution in [0, 0.1) is 0 Å². The van der Waals surface area contributed by atoms with E-state index < -0.39 is 0 Å². The van der Waals surface area contributed by atoms with Gasteiger partial charge in [0.05, 0.1) is 0 Å². The number of hydrogen-bond acceptors (Lipinski definition) is 1. The first-order valence-corrected chi connectivity index (χ1v) is 5.47. The summed E-state index contributed by atoms with van der Waals surface area (Å²) in [5.74, 6) is 0. The normalized spacial score (nSPS) is 15.1. The van der Waals surface area contributed by atoms with E-state index in [1.807, 2.05) is 0 Å². The fourth-order valence-electron chi connectivity index (χ4n) is 1.77. The van der Waals surface area contributed by atoms with Crippen LogP contribution in [-0.4, -0.2) is 5.54 Å². The fraction of sp³-hybridized carbons (Fsp3) is 0.538. The van der Waals surface area contributed by atoms with Crippen LogP contribution in [0.25, 0.3) is 0 Å². The zero-order valence-electron chi connectivity index (χ0n) is 9.29. The smallest absolute Gasteiger partial charge is 0.0128 e. The molecule has 0 bridgehead atoms. The van der Waals surface area contributed by atoms with Gasteiger partial charge >= 0.3 is 0 Å². The Balaban J connectivity index is 2.40. The van der Waals surface area contributed by atoms with Gasteiger partial charge in [-0.3, -0.25) is 0 Å². The van der Waals surface area contributed by atoms with Gasteiger partial charge in [-0.25, -0.2) is 0 Å². The van der Waals surface area contributed by atoms with Crippen molar-refractivity contribution in [3.63, 3.8) is 0 Å². The topological polar surface area (TPSA) is 26.0 Å². The summed E-state index contributed by atoms with van der Waals surface area (Å²) < 4.78 is 0. The lowest BCUT2D eigenvalue weighted by Crippen LogP contribution is -2.36. The van der Waals surface area contributed by atoms with Gasteiger partial charge in [0.15, 0.2) is 0 Å². The largest absolute Gasteiger partial charge is 0.325 e. The minimum absolute atomic E-state index is 0.00455. The fourth-order valence-corrected chi connectivity index (χ4v) is 1.77. The molecule has 0 saturated carbocycles. The summed E-state index contributed by atoms with van der Waals surface area (Å²) in [6, 6.07) is 10.6. The van der Waals surface area contributed by atoms with E-state index in [0.717, 1.165) is 19.3 Å². The Labute approximate surface area is 87.3 Å². The summed E-state index contributed by atoms with van der Waals surface area (Å²) in [5.41, 5.74) is 7.57. The molecule has 1 aromatic rings. The molecule has 0 radical (unpaired) electrons. The van der Waals surface area contributed by atoms with Crippen molar-refractivity contribution in [2.24, 2.45) is 5.73 Å². The maximum Gasteiger partial charge on any atom is 0.0128 e. The first kappa shape index (κ1) is 11.3. The highest BCUT2D eigenvalue weighted by atomic mass is 14.7. The van der Waals surface area contributed by atoms with Crippen LogP contribution >= 0.6 is 0 Å². The zero-order valence-corrected chi connectivity index (χ0v) is 9.29. The first-order valence-electron chi connectivity index (χ1n) is 5.47. The maximum atomic E-state index is 6.18. The second-order valence-electron chi connectivity index (χ2n) is 4.39. The molecular formula is C13H21N. The van der Waals surface area contributed by atoms with Crippen molar-refractivity contribution in [3.05, 3.63) is 35.9 Å². The highest BCUT2D eigenvalue weighted by molar-refractivity contribution is 5.15. The number of benzene rings is 1. The van der Waals surface area contributed by atoms with Crippen molar-refractivity contribution < 1.29 is 0 Å². The molecule has 0 aliphatic heterocycles. The lowest BCUT2D eigenvalue weighted by Gasteiger charge is -2.23. The third kappa shape index (κ3) is 3.93. The Bertz CT molecular complexity index is 251. The van der Waals surface area contributed by atoms with Crippen LogP contribution in [0.4, 0.5) is 0 Å². The number of hydrogen-bond donors (Lipinski definition) is 1. The van der Waals surface area contributed by atoms with Crippen LogP contribution in [0.15, 0.2) is 30.3 Å². The van der Waals surface area contributed by atoms with E-state index >= 15 is 0 Å². The summed E-state index contributed by atoms with van der Waals surface area (Å²) >= 11 is 0. The van der Waals surface area contributed by atoms with Crippen LogP contribution in [0.1, 0.15) is 38.7 Å². The van der Waals surface area contributed by atoms with Gasteiger partial charge in [-0.2, -0.15) is 0 Å². The Morgan fingerprint density at radius 2 is 1.79 bits per heavy atom. The average molecular weight is 191 g/mol. The van der Waals surface area contributed by atoms with E-state index in [0.29, 0.717) is 0 Å². The van der Waals surface area contributed by atoms with E-state index in [4.69, 9.17) is 5.73 Å². The molecular weight excluding hydrogens is 170 g/mol.